The van der Waals surface area contributed by atoms with Crippen LogP contribution in [0.4, 0.5) is 5.69 Å². The Balaban J connectivity index is 1.42. The van der Waals surface area contributed by atoms with Crippen LogP contribution >= 0.6 is 0 Å². The van der Waals surface area contributed by atoms with Crippen LogP contribution < -0.4 is 16.0 Å². The Kier molecular flexibility index (Phi) is 6.85. The molecule has 142 valence electrons. The molecule has 0 atom stereocenters. The van der Waals surface area contributed by atoms with Crippen LogP contribution in [0.25, 0.3) is 0 Å². The van der Waals surface area contributed by atoms with Crippen molar-refractivity contribution in [3.63, 3.8) is 0 Å². The number of anilines is 1. The molecular formula is C22H27N3O2. The summed E-state index contributed by atoms with van der Waals surface area (Å²) < 4.78 is 0. The van der Waals surface area contributed by atoms with Crippen molar-refractivity contribution in [3.8, 4) is 0 Å². The van der Waals surface area contributed by atoms with Crippen molar-refractivity contribution in [2.45, 2.75) is 44.7 Å². The van der Waals surface area contributed by atoms with Crippen molar-refractivity contribution >= 4 is 17.5 Å². The van der Waals surface area contributed by atoms with Crippen LogP contribution in [-0.2, 0) is 11.3 Å². The molecule has 2 aromatic carbocycles. The molecule has 5 nitrogen and oxygen atoms in total. The van der Waals surface area contributed by atoms with Gasteiger partial charge in [-0.05, 0) is 42.7 Å². The van der Waals surface area contributed by atoms with E-state index >= 15 is 0 Å². The summed E-state index contributed by atoms with van der Waals surface area (Å²) in [5.41, 5.74) is 2.49. The van der Waals surface area contributed by atoms with Crippen LogP contribution in [0.2, 0.25) is 0 Å². The van der Waals surface area contributed by atoms with Crippen molar-refractivity contribution in [2.24, 2.45) is 0 Å². The van der Waals surface area contributed by atoms with Gasteiger partial charge >= 0.3 is 0 Å². The van der Waals surface area contributed by atoms with Gasteiger partial charge in [0.05, 0.1) is 6.54 Å². The number of carbonyl (C=O) groups is 2. The SMILES string of the molecule is O=C(CNc1ccc(C(=O)NCc2ccccc2)cc1)NC1CCCCC1. The summed E-state index contributed by atoms with van der Waals surface area (Å²) in [6, 6.07) is 17.3. The first-order valence-corrected chi connectivity index (χ1v) is 9.66. The summed E-state index contributed by atoms with van der Waals surface area (Å²) in [5, 5.41) is 9.11. The van der Waals surface area contributed by atoms with Gasteiger partial charge in [0.2, 0.25) is 5.91 Å². The largest absolute Gasteiger partial charge is 0.376 e. The zero-order valence-electron chi connectivity index (χ0n) is 15.5. The third kappa shape index (κ3) is 6.13. The van der Waals surface area contributed by atoms with Gasteiger partial charge in [0.25, 0.3) is 5.91 Å². The Morgan fingerprint density at radius 2 is 1.59 bits per heavy atom. The number of hydrogen-bond acceptors (Lipinski definition) is 3. The fourth-order valence-electron chi connectivity index (χ4n) is 3.33. The zero-order chi connectivity index (χ0) is 18.9. The maximum Gasteiger partial charge on any atom is 0.251 e. The van der Waals surface area contributed by atoms with Gasteiger partial charge in [0, 0.05) is 23.8 Å². The smallest absolute Gasteiger partial charge is 0.251 e. The highest BCUT2D eigenvalue weighted by atomic mass is 16.2. The second-order valence-electron chi connectivity index (χ2n) is 7.00. The monoisotopic (exact) mass is 365 g/mol. The van der Waals surface area contributed by atoms with Gasteiger partial charge in [-0.15, -0.1) is 0 Å². The fourth-order valence-corrected chi connectivity index (χ4v) is 3.33. The number of rotatable bonds is 7. The molecule has 3 N–H and O–H groups in total. The molecule has 5 heteroatoms. The molecule has 0 aliphatic heterocycles. The molecule has 2 aromatic rings. The molecular weight excluding hydrogens is 338 g/mol. The molecule has 1 aliphatic carbocycles. The lowest BCUT2D eigenvalue weighted by Crippen LogP contribution is -2.39. The predicted molar refractivity (Wildman–Crippen MR) is 108 cm³/mol. The van der Waals surface area contributed by atoms with E-state index in [1.807, 2.05) is 42.5 Å². The molecule has 3 rings (SSSR count). The number of nitrogens with one attached hydrogen (secondary N) is 3. The molecule has 1 fully saturated rings. The number of benzene rings is 2. The summed E-state index contributed by atoms with van der Waals surface area (Å²) in [6.45, 7) is 0.747. The Morgan fingerprint density at radius 1 is 0.889 bits per heavy atom. The van der Waals surface area contributed by atoms with E-state index in [2.05, 4.69) is 16.0 Å². The van der Waals surface area contributed by atoms with E-state index < -0.39 is 0 Å². The summed E-state index contributed by atoms with van der Waals surface area (Å²) in [7, 11) is 0. The van der Waals surface area contributed by atoms with Gasteiger partial charge in [-0.3, -0.25) is 9.59 Å². The number of carbonyl (C=O) groups excluding carboxylic acids is 2. The normalized spacial score (nSPS) is 14.4. The fraction of sp³-hybridized carbons (Fsp3) is 0.364. The summed E-state index contributed by atoms with van der Waals surface area (Å²) in [6.07, 6.45) is 5.84. The quantitative estimate of drug-likeness (QED) is 0.703. The van der Waals surface area contributed by atoms with Crippen molar-refractivity contribution in [2.75, 3.05) is 11.9 Å². The Bertz CT molecular complexity index is 738. The highest BCUT2D eigenvalue weighted by Crippen LogP contribution is 2.17. The molecule has 0 unspecified atom stereocenters. The Morgan fingerprint density at radius 3 is 2.30 bits per heavy atom. The van der Waals surface area contributed by atoms with Gasteiger partial charge in [-0.2, -0.15) is 0 Å². The maximum atomic E-state index is 12.2. The Labute approximate surface area is 160 Å². The number of amides is 2. The highest BCUT2D eigenvalue weighted by molar-refractivity contribution is 5.94. The lowest BCUT2D eigenvalue weighted by molar-refractivity contribution is -0.120. The first kappa shape index (κ1) is 19.0. The second kappa shape index (κ2) is 9.76. The topological polar surface area (TPSA) is 70.2 Å². The van der Waals surface area contributed by atoms with Gasteiger partial charge in [0.15, 0.2) is 0 Å². The lowest BCUT2D eigenvalue weighted by atomic mass is 9.95. The van der Waals surface area contributed by atoms with Gasteiger partial charge < -0.3 is 16.0 Å². The summed E-state index contributed by atoms with van der Waals surface area (Å²) in [4.78, 5) is 24.3. The van der Waals surface area contributed by atoms with E-state index in [0.717, 1.165) is 24.1 Å². The molecule has 0 aromatic heterocycles. The van der Waals surface area contributed by atoms with E-state index in [9.17, 15) is 9.59 Å². The van der Waals surface area contributed by atoms with E-state index in [1.54, 1.807) is 12.1 Å². The van der Waals surface area contributed by atoms with Crippen LogP contribution in [0, 0.1) is 0 Å². The van der Waals surface area contributed by atoms with Crippen LogP contribution in [0.3, 0.4) is 0 Å². The second-order valence-corrected chi connectivity index (χ2v) is 7.00. The Hall–Kier alpha value is -2.82. The predicted octanol–water partition coefficient (Wildman–Crippen LogP) is 3.48. The molecule has 1 aliphatic rings. The standard InChI is InChI=1S/C22H27N3O2/c26-21(25-20-9-5-2-6-10-20)16-23-19-13-11-18(12-14-19)22(27)24-15-17-7-3-1-4-8-17/h1,3-4,7-8,11-14,20,23H,2,5-6,9-10,15-16H2,(H,24,27)(H,25,26). The van der Waals surface area contributed by atoms with Crippen LogP contribution in [0.5, 0.6) is 0 Å². The van der Waals surface area contributed by atoms with Gasteiger partial charge in [-0.25, -0.2) is 0 Å². The molecule has 27 heavy (non-hydrogen) atoms. The van der Waals surface area contributed by atoms with E-state index in [1.165, 1.54) is 19.3 Å². The summed E-state index contributed by atoms with van der Waals surface area (Å²) >= 11 is 0. The van der Waals surface area contributed by atoms with Gasteiger partial charge in [0.1, 0.15) is 0 Å². The first-order valence-electron chi connectivity index (χ1n) is 9.66. The van der Waals surface area contributed by atoms with Crippen LogP contribution in [0.15, 0.2) is 54.6 Å². The first-order chi connectivity index (χ1) is 13.2. The molecule has 0 radical (unpaired) electrons. The summed E-state index contributed by atoms with van der Waals surface area (Å²) in [5.74, 6) is -0.0907. The molecule has 0 saturated heterocycles. The van der Waals surface area contributed by atoms with E-state index in [0.29, 0.717) is 18.2 Å². The van der Waals surface area contributed by atoms with Crippen molar-refractivity contribution < 1.29 is 9.59 Å². The zero-order valence-corrected chi connectivity index (χ0v) is 15.5. The third-order valence-corrected chi connectivity index (χ3v) is 4.87. The molecule has 0 bridgehead atoms. The molecule has 0 spiro atoms. The average molecular weight is 365 g/mol. The maximum absolute atomic E-state index is 12.2. The highest BCUT2D eigenvalue weighted by Gasteiger charge is 2.15. The molecule has 2 amide bonds. The molecule has 1 saturated carbocycles. The van der Waals surface area contributed by atoms with Crippen LogP contribution in [0.1, 0.15) is 48.0 Å². The lowest BCUT2D eigenvalue weighted by Gasteiger charge is -2.22. The van der Waals surface area contributed by atoms with E-state index in [4.69, 9.17) is 0 Å². The average Bonchev–Trinajstić information content (AvgIpc) is 2.72. The van der Waals surface area contributed by atoms with Gasteiger partial charge in [-0.1, -0.05) is 49.6 Å². The third-order valence-electron chi connectivity index (χ3n) is 4.87. The van der Waals surface area contributed by atoms with Crippen molar-refractivity contribution in [1.29, 1.82) is 0 Å². The number of hydrogen-bond donors (Lipinski definition) is 3. The van der Waals surface area contributed by atoms with Crippen molar-refractivity contribution in [1.82, 2.24) is 10.6 Å². The van der Waals surface area contributed by atoms with E-state index in [-0.39, 0.29) is 18.4 Å². The minimum atomic E-state index is -0.111. The van der Waals surface area contributed by atoms with Crippen molar-refractivity contribution in [3.05, 3.63) is 65.7 Å². The molecule has 0 heterocycles. The van der Waals surface area contributed by atoms with Crippen LogP contribution in [-0.4, -0.2) is 24.4 Å². The minimum Gasteiger partial charge on any atom is -0.376 e. The minimum absolute atomic E-state index is 0.0200.